The van der Waals surface area contributed by atoms with Crippen molar-refractivity contribution in [3.05, 3.63) is 66.1 Å². The molecule has 7 heteroatoms. The highest BCUT2D eigenvalue weighted by Crippen LogP contribution is 2.59. The van der Waals surface area contributed by atoms with E-state index in [4.69, 9.17) is 9.15 Å². The van der Waals surface area contributed by atoms with Gasteiger partial charge in [0.1, 0.15) is 17.1 Å². The molecule has 5 heterocycles. The summed E-state index contributed by atoms with van der Waals surface area (Å²) < 4.78 is 12.0. The van der Waals surface area contributed by atoms with Crippen LogP contribution in [0.25, 0.3) is 0 Å². The van der Waals surface area contributed by atoms with Crippen LogP contribution in [0.2, 0.25) is 0 Å². The average molecular weight is 432 g/mol. The molecule has 1 aromatic heterocycles. The standard InChI is InChI=1S/C25H24N2O5/c1-13-5-7-15(8-6-13)26-23(29)20-19-9-10-25(32-19)21(20)24(30)27-16(18-4-3-11-31-18)12-17(28)14(2)22(25)27/h3-11,14,16,19-22H,12H2,1-2H3,(H,26,29)/t14?,16?,19-,20?,21+,22?,25+/m1/s1. The maximum atomic E-state index is 13.9. The number of hydrogen-bond acceptors (Lipinski definition) is 5. The van der Waals surface area contributed by atoms with E-state index in [0.717, 1.165) is 5.56 Å². The van der Waals surface area contributed by atoms with Crippen LogP contribution in [-0.4, -0.2) is 40.2 Å². The maximum Gasteiger partial charge on any atom is 0.231 e. The molecule has 1 spiro atoms. The average Bonchev–Trinajstić information content (AvgIpc) is 3.54. The van der Waals surface area contributed by atoms with Gasteiger partial charge in [-0.25, -0.2) is 0 Å². The predicted molar refractivity (Wildman–Crippen MR) is 114 cm³/mol. The number of furan rings is 1. The molecule has 2 bridgehead atoms. The predicted octanol–water partition coefficient (Wildman–Crippen LogP) is 3.03. The number of nitrogens with one attached hydrogen (secondary N) is 1. The Bertz CT molecular complexity index is 1140. The molecule has 0 aliphatic carbocycles. The lowest BCUT2D eigenvalue weighted by molar-refractivity contribution is -0.147. The lowest BCUT2D eigenvalue weighted by Gasteiger charge is -2.43. The van der Waals surface area contributed by atoms with Gasteiger partial charge in [-0.1, -0.05) is 36.8 Å². The van der Waals surface area contributed by atoms with Crippen molar-refractivity contribution < 1.29 is 23.5 Å². The summed E-state index contributed by atoms with van der Waals surface area (Å²) >= 11 is 0. The molecule has 3 saturated heterocycles. The first-order valence-corrected chi connectivity index (χ1v) is 11.0. The van der Waals surface area contributed by atoms with Crippen molar-refractivity contribution in [2.75, 3.05) is 5.32 Å². The minimum Gasteiger partial charge on any atom is -0.467 e. The van der Waals surface area contributed by atoms with Gasteiger partial charge in [-0.2, -0.15) is 0 Å². The zero-order valence-corrected chi connectivity index (χ0v) is 17.9. The molecular formula is C25H24N2O5. The molecule has 6 rings (SSSR count). The summed E-state index contributed by atoms with van der Waals surface area (Å²) in [5.41, 5.74) is 0.803. The molecule has 0 radical (unpaired) electrons. The second kappa shape index (κ2) is 6.65. The first kappa shape index (κ1) is 19.5. The Morgan fingerprint density at radius 1 is 1.19 bits per heavy atom. The van der Waals surface area contributed by atoms with E-state index in [1.807, 2.05) is 50.3 Å². The summed E-state index contributed by atoms with van der Waals surface area (Å²) in [6, 6.07) is 10.2. The lowest BCUT2D eigenvalue weighted by Crippen LogP contribution is -2.55. The number of ketones is 1. The molecule has 4 aliphatic rings. The molecule has 2 aromatic rings. The van der Waals surface area contributed by atoms with Gasteiger partial charge in [0.15, 0.2) is 0 Å². The van der Waals surface area contributed by atoms with Crippen molar-refractivity contribution in [1.82, 2.24) is 4.90 Å². The topological polar surface area (TPSA) is 88.9 Å². The van der Waals surface area contributed by atoms with Gasteiger partial charge in [-0.3, -0.25) is 14.4 Å². The number of piperidine rings is 1. The fourth-order valence-electron chi connectivity index (χ4n) is 6.13. The lowest BCUT2D eigenvalue weighted by atomic mass is 9.70. The second-order valence-electron chi connectivity index (χ2n) is 9.33. The van der Waals surface area contributed by atoms with Crippen molar-refractivity contribution in [2.45, 2.75) is 44.1 Å². The Morgan fingerprint density at radius 2 is 1.97 bits per heavy atom. The highest BCUT2D eigenvalue weighted by Gasteiger charge is 2.74. The molecule has 32 heavy (non-hydrogen) atoms. The van der Waals surface area contributed by atoms with Crippen LogP contribution >= 0.6 is 0 Å². The van der Waals surface area contributed by atoms with Crippen LogP contribution in [0.1, 0.15) is 30.7 Å². The molecule has 7 atom stereocenters. The molecule has 4 unspecified atom stereocenters. The summed E-state index contributed by atoms with van der Waals surface area (Å²) in [4.78, 5) is 41.9. The molecule has 1 N–H and O–H groups in total. The number of rotatable bonds is 3. The van der Waals surface area contributed by atoms with E-state index in [0.29, 0.717) is 11.4 Å². The number of nitrogens with zero attached hydrogens (tertiary/aromatic N) is 1. The summed E-state index contributed by atoms with van der Waals surface area (Å²) in [5, 5.41) is 2.96. The zero-order valence-electron chi connectivity index (χ0n) is 17.9. The van der Waals surface area contributed by atoms with Gasteiger partial charge in [0.2, 0.25) is 11.8 Å². The van der Waals surface area contributed by atoms with E-state index in [9.17, 15) is 14.4 Å². The van der Waals surface area contributed by atoms with E-state index in [-0.39, 0.29) is 24.0 Å². The van der Waals surface area contributed by atoms with Crippen molar-refractivity contribution in [2.24, 2.45) is 17.8 Å². The van der Waals surface area contributed by atoms with Crippen molar-refractivity contribution in [1.29, 1.82) is 0 Å². The zero-order chi connectivity index (χ0) is 22.2. The quantitative estimate of drug-likeness (QED) is 0.754. The van der Waals surface area contributed by atoms with Crippen molar-refractivity contribution >= 4 is 23.3 Å². The number of fused-ring (bicyclic) bond motifs is 2. The number of amides is 2. The minimum atomic E-state index is -0.975. The highest BCUT2D eigenvalue weighted by molar-refractivity contribution is 6.00. The Hall–Kier alpha value is -3.19. The Kier molecular flexibility index (Phi) is 4.05. The molecule has 7 nitrogen and oxygen atoms in total. The molecule has 0 saturated carbocycles. The van der Waals surface area contributed by atoms with E-state index in [2.05, 4.69) is 5.32 Å². The monoisotopic (exact) mass is 432 g/mol. The Labute approximate surface area is 185 Å². The largest absolute Gasteiger partial charge is 0.467 e. The van der Waals surface area contributed by atoms with Gasteiger partial charge in [0, 0.05) is 18.0 Å². The first-order chi connectivity index (χ1) is 15.4. The van der Waals surface area contributed by atoms with Crippen LogP contribution in [0.15, 0.2) is 59.2 Å². The number of hydrogen-bond donors (Lipinski definition) is 1. The van der Waals surface area contributed by atoms with E-state index >= 15 is 0 Å². The molecule has 164 valence electrons. The van der Waals surface area contributed by atoms with Crippen LogP contribution in [0.5, 0.6) is 0 Å². The van der Waals surface area contributed by atoms with E-state index in [1.165, 1.54) is 0 Å². The number of benzene rings is 1. The minimum absolute atomic E-state index is 0.0727. The third kappa shape index (κ3) is 2.48. The number of carbonyl (C=O) groups excluding carboxylic acids is 3. The fourth-order valence-corrected chi connectivity index (χ4v) is 6.13. The van der Waals surface area contributed by atoms with Gasteiger partial charge < -0.3 is 19.4 Å². The maximum absolute atomic E-state index is 13.9. The van der Waals surface area contributed by atoms with Crippen molar-refractivity contribution in [3.63, 3.8) is 0 Å². The molecule has 1 aromatic carbocycles. The third-order valence-corrected chi connectivity index (χ3v) is 7.57. The van der Waals surface area contributed by atoms with Gasteiger partial charge in [0.05, 0.1) is 36.3 Å². The van der Waals surface area contributed by atoms with Crippen LogP contribution in [-0.2, 0) is 19.1 Å². The summed E-state index contributed by atoms with van der Waals surface area (Å²) in [6.07, 6.45) is 5.05. The first-order valence-electron chi connectivity index (χ1n) is 11.0. The number of Topliss-reactive ketones (excluding diaryl/α,β-unsaturated/α-hetero) is 1. The number of anilines is 1. The fraction of sp³-hybridized carbons (Fsp3) is 0.400. The molecule has 4 aliphatic heterocycles. The summed E-state index contributed by atoms with van der Waals surface area (Å²) in [7, 11) is 0. The normalized spacial score (nSPS) is 37.0. The van der Waals surface area contributed by atoms with Gasteiger partial charge in [-0.05, 0) is 31.2 Å². The molecule has 3 fully saturated rings. The van der Waals surface area contributed by atoms with Gasteiger partial charge in [0.25, 0.3) is 0 Å². The molecular weight excluding hydrogens is 408 g/mol. The Balaban J connectivity index is 1.38. The third-order valence-electron chi connectivity index (χ3n) is 7.57. The van der Waals surface area contributed by atoms with Crippen LogP contribution < -0.4 is 5.32 Å². The summed E-state index contributed by atoms with van der Waals surface area (Å²) in [5.74, 6) is -1.44. The number of ether oxygens (including phenoxy) is 1. The molecule has 2 amide bonds. The highest BCUT2D eigenvalue weighted by atomic mass is 16.5. The van der Waals surface area contributed by atoms with Crippen LogP contribution in [0, 0.1) is 24.7 Å². The second-order valence-corrected chi connectivity index (χ2v) is 9.33. The van der Waals surface area contributed by atoms with Gasteiger partial charge in [-0.15, -0.1) is 0 Å². The van der Waals surface area contributed by atoms with Crippen LogP contribution in [0.4, 0.5) is 5.69 Å². The van der Waals surface area contributed by atoms with Crippen molar-refractivity contribution in [3.8, 4) is 0 Å². The summed E-state index contributed by atoms with van der Waals surface area (Å²) in [6.45, 7) is 3.84. The number of aryl methyl sites for hydroxylation is 1. The number of carbonyl (C=O) groups is 3. The van der Waals surface area contributed by atoms with Crippen LogP contribution in [0.3, 0.4) is 0 Å². The Morgan fingerprint density at radius 3 is 2.69 bits per heavy atom. The van der Waals surface area contributed by atoms with E-state index < -0.39 is 41.5 Å². The SMILES string of the molecule is Cc1ccc(NC(=O)C2[C@H]3C(=O)N4C(c5ccco5)CC(=O)C(C)C4[C@]34C=C[C@H]2O4)cc1. The van der Waals surface area contributed by atoms with E-state index in [1.54, 1.807) is 23.3 Å². The van der Waals surface area contributed by atoms with Gasteiger partial charge >= 0.3 is 0 Å². The smallest absolute Gasteiger partial charge is 0.231 e.